The highest BCUT2D eigenvalue weighted by Crippen LogP contribution is 2.16. The van der Waals surface area contributed by atoms with Gasteiger partial charge in [0.15, 0.2) is 0 Å². The van der Waals surface area contributed by atoms with Gasteiger partial charge in [-0.05, 0) is 32.7 Å². The van der Waals surface area contributed by atoms with Crippen LogP contribution in [0.25, 0.3) is 0 Å². The molecule has 5 heteroatoms. The Labute approximate surface area is 109 Å². The number of nitrogens with one attached hydrogen (secondary N) is 1. The quantitative estimate of drug-likeness (QED) is 0.523. The smallest absolute Gasteiger partial charge is 0.325 e. The zero-order chi connectivity index (χ0) is 13.4. The van der Waals surface area contributed by atoms with Gasteiger partial charge in [-0.1, -0.05) is 6.92 Å². The summed E-state index contributed by atoms with van der Waals surface area (Å²) in [5, 5.41) is 3.18. The standard InChI is InChI=1S/C13H25NO4/c1-4-14-13(2,12(15)16-3)7-5-8-18-11-6-9-17-10-11/h11,14H,4-10H2,1-3H3. The summed E-state index contributed by atoms with van der Waals surface area (Å²) in [4.78, 5) is 11.7. The topological polar surface area (TPSA) is 56.8 Å². The number of methoxy groups -OCH3 is 1. The fraction of sp³-hybridized carbons (Fsp3) is 0.923. The number of rotatable bonds is 8. The first-order valence-electron chi connectivity index (χ1n) is 6.65. The summed E-state index contributed by atoms with van der Waals surface area (Å²) < 4.78 is 15.8. The average Bonchev–Trinajstić information content (AvgIpc) is 2.87. The highest BCUT2D eigenvalue weighted by molar-refractivity contribution is 5.80. The molecule has 0 aromatic carbocycles. The number of likely N-dealkylation sites (N-methyl/N-ethyl adjacent to an activating group) is 1. The monoisotopic (exact) mass is 259 g/mol. The van der Waals surface area contributed by atoms with Crippen molar-refractivity contribution in [2.24, 2.45) is 0 Å². The van der Waals surface area contributed by atoms with Crippen LogP contribution < -0.4 is 5.32 Å². The number of carbonyl (C=O) groups excluding carboxylic acids is 1. The van der Waals surface area contributed by atoms with Crippen molar-refractivity contribution in [1.29, 1.82) is 0 Å². The van der Waals surface area contributed by atoms with Crippen LogP contribution in [0.3, 0.4) is 0 Å². The summed E-state index contributed by atoms with van der Waals surface area (Å²) in [5.41, 5.74) is -0.612. The van der Waals surface area contributed by atoms with Gasteiger partial charge in [0.25, 0.3) is 0 Å². The van der Waals surface area contributed by atoms with E-state index in [0.717, 1.165) is 26.0 Å². The maximum atomic E-state index is 11.7. The molecule has 0 amide bonds. The van der Waals surface area contributed by atoms with Gasteiger partial charge in [-0.2, -0.15) is 0 Å². The molecule has 2 unspecified atom stereocenters. The van der Waals surface area contributed by atoms with E-state index in [9.17, 15) is 4.79 Å². The van der Waals surface area contributed by atoms with Crippen molar-refractivity contribution in [3.05, 3.63) is 0 Å². The van der Waals surface area contributed by atoms with E-state index in [1.807, 2.05) is 13.8 Å². The minimum atomic E-state index is -0.612. The van der Waals surface area contributed by atoms with E-state index in [1.165, 1.54) is 7.11 Å². The van der Waals surface area contributed by atoms with E-state index >= 15 is 0 Å². The van der Waals surface area contributed by atoms with Crippen molar-refractivity contribution in [3.63, 3.8) is 0 Å². The van der Waals surface area contributed by atoms with Gasteiger partial charge in [-0.25, -0.2) is 0 Å². The maximum Gasteiger partial charge on any atom is 0.325 e. The summed E-state index contributed by atoms with van der Waals surface area (Å²) >= 11 is 0. The Bertz CT molecular complexity index is 253. The molecule has 1 aliphatic rings. The van der Waals surface area contributed by atoms with E-state index < -0.39 is 5.54 Å². The second kappa shape index (κ2) is 7.71. The summed E-state index contributed by atoms with van der Waals surface area (Å²) in [5.74, 6) is -0.214. The molecule has 0 bridgehead atoms. The summed E-state index contributed by atoms with van der Waals surface area (Å²) in [7, 11) is 1.42. The molecular weight excluding hydrogens is 234 g/mol. The first-order valence-corrected chi connectivity index (χ1v) is 6.65. The maximum absolute atomic E-state index is 11.7. The molecule has 0 spiro atoms. The molecule has 1 rings (SSSR count). The minimum absolute atomic E-state index is 0.214. The summed E-state index contributed by atoms with van der Waals surface area (Å²) in [6.07, 6.45) is 2.74. The van der Waals surface area contributed by atoms with Crippen molar-refractivity contribution >= 4 is 5.97 Å². The van der Waals surface area contributed by atoms with Gasteiger partial charge in [-0.15, -0.1) is 0 Å². The second-order valence-electron chi connectivity index (χ2n) is 4.81. The summed E-state index contributed by atoms with van der Waals surface area (Å²) in [6, 6.07) is 0. The Balaban J connectivity index is 2.26. The van der Waals surface area contributed by atoms with E-state index in [-0.39, 0.29) is 12.1 Å². The lowest BCUT2D eigenvalue weighted by Gasteiger charge is -2.27. The van der Waals surface area contributed by atoms with Crippen molar-refractivity contribution in [1.82, 2.24) is 5.32 Å². The molecule has 1 aliphatic heterocycles. The van der Waals surface area contributed by atoms with Crippen LogP contribution in [0.5, 0.6) is 0 Å². The van der Waals surface area contributed by atoms with Crippen LogP contribution in [0.1, 0.15) is 33.1 Å². The highest BCUT2D eigenvalue weighted by atomic mass is 16.5. The van der Waals surface area contributed by atoms with Gasteiger partial charge in [0.05, 0.1) is 19.8 Å². The minimum Gasteiger partial charge on any atom is -0.468 e. The fourth-order valence-electron chi connectivity index (χ4n) is 2.20. The molecule has 106 valence electrons. The molecule has 0 aromatic rings. The largest absolute Gasteiger partial charge is 0.468 e. The third kappa shape index (κ3) is 4.55. The third-order valence-electron chi connectivity index (χ3n) is 3.27. The van der Waals surface area contributed by atoms with Crippen LogP contribution >= 0.6 is 0 Å². The van der Waals surface area contributed by atoms with Crippen LogP contribution in [0.15, 0.2) is 0 Å². The number of esters is 1. The molecule has 0 aromatic heterocycles. The number of hydrogen-bond donors (Lipinski definition) is 1. The lowest BCUT2D eigenvalue weighted by atomic mass is 9.96. The Morgan fingerprint density at radius 2 is 2.33 bits per heavy atom. The molecule has 1 heterocycles. The van der Waals surface area contributed by atoms with Crippen molar-refractivity contribution < 1.29 is 19.0 Å². The van der Waals surface area contributed by atoms with E-state index in [1.54, 1.807) is 0 Å². The van der Waals surface area contributed by atoms with Gasteiger partial charge in [0, 0.05) is 13.2 Å². The van der Waals surface area contributed by atoms with Crippen LogP contribution in [0.4, 0.5) is 0 Å². The van der Waals surface area contributed by atoms with Crippen molar-refractivity contribution in [2.45, 2.75) is 44.8 Å². The van der Waals surface area contributed by atoms with Crippen molar-refractivity contribution in [2.75, 3.05) is 33.5 Å². The Morgan fingerprint density at radius 1 is 1.56 bits per heavy atom. The van der Waals surface area contributed by atoms with Gasteiger partial charge >= 0.3 is 5.97 Å². The van der Waals surface area contributed by atoms with Gasteiger partial charge in [0.2, 0.25) is 0 Å². The number of carbonyl (C=O) groups is 1. The lowest BCUT2D eigenvalue weighted by Crippen LogP contribution is -2.50. The molecular formula is C13H25NO4. The first kappa shape index (κ1) is 15.4. The van der Waals surface area contributed by atoms with Crippen LogP contribution in [-0.2, 0) is 19.0 Å². The Kier molecular flexibility index (Phi) is 6.60. The molecule has 1 fully saturated rings. The predicted octanol–water partition coefficient (Wildman–Crippen LogP) is 1.11. The van der Waals surface area contributed by atoms with Gasteiger partial charge in [-0.3, -0.25) is 4.79 Å². The van der Waals surface area contributed by atoms with Crippen LogP contribution in [-0.4, -0.2) is 51.1 Å². The van der Waals surface area contributed by atoms with E-state index in [4.69, 9.17) is 14.2 Å². The molecule has 18 heavy (non-hydrogen) atoms. The average molecular weight is 259 g/mol. The fourth-order valence-corrected chi connectivity index (χ4v) is 2.20. The van der Waals surface area contributed by atoms with Crippen LogP contribution in [0, 0.1) is 0 Å². The normalized spacial score (nSPS) is 22.7. The second-order valence-corrected chi connectivity index (χ2v) is 4.81. The molecule has 2 atom stereocenters. The highest BCUT2D eigenvalue weighted by Gasteiger charge is 2.32. The van der Waals surface area contributed by atoms with E-state index in [2.05, 4.69) is 5.32 Å². The van der Waals surface area contributed by atoms with E-state index in [0.29, 0.717) is 19.6 Å². The number of ether oxygens (including phenoxy) is 3. The molecule has 0 radical (unpaired) electrons. The van der Waals surface area contributed by atoms with Crippen LogP contribution in [0.2, 0.25) is 0 Å². The van der Waals surface area contributed by atoms with Gasteiger partial charge in [0.1, 0.15) is 5.54 Å². The zero-order valence-electron chi connectivity index (χ0n) is 11.7. The Hall–Kier alpha value is -0.650. The molecule has 0 saturated carbocycles. The molecule has 1 saturated heterocycles. The third-order valence-corrected chi connectivity index (χ3v) is 3.27. The molecule has 5 nitrogen and oxygen atoms in total. The Morgan fingerprint density at radius 3 is 2.89 bits per heavy atom. The first-order chi connectivity index (χ1) is 8.62. The lowest BCUT2D eigenvalue weighted by molar-refractivity contribution is -0.148. The molecule has 1 N–H and O–H groups in total. The summed E-state index contributed by atoms with van der Waals surface area (Å²) in [6.45, 7) is 6.74. The molecule has 0 aliphatic carbocycles. The number of hydrogen-bond acceptors (Lipinski definition) is 5. The van der Waals surface area contributed by atoms with Gasteiger partial charge < -0.3 is 19.5 Å². The SMILES string of the molecule is CCNC(C)(CCCOC1CCOC1)C(=O)OC. The predicted molar refractivity (Wildman–Crippen MR) is 68.5 cm³/mol. The van der Waals surface area contributed by atoms with Crippen molar-refractivity contribution in [3.8, 4) is 0 Å². The zero-order valence-corrected chi connectivity index (χ0v) is 11.7.